The summed E-state index contributed by atoms with van der Waals surface area (Å²) in [6, 6.07) is 16.4. The van der Waals surface area contributed by atoms with Gasteiger partial charge in [0.05, 0.1) is 6.26 Å². The summed E-state index contributed by atoms with van der Waals surface area (Å²) >= 11 is 0. The fourth-order valence-electron chi connectivity index (χ4n) is 2.46. The van der Waals surface area contributed by atoms with Crippen molar-refractivity contribution in [2.75, 3.05) is 0 Å². The highest BCUT2D eigenvalue weighted by Crippen LogP contribution is 2.27. The Morgan fingerprint density at radius 3 is 2.42 bits per heavy atom. The predicted octanol–water partition coefficient (Wildman–Crippen LogP) is 4.78. The highest BCUT2D eigenvalue weighted by molar-refractivity contribution is 5.98. The van der Waals surface area contributed by atoms with E-state index in [-0.39, 0.29) is 23.6 Å². The summed E-state index contributed by atoms with van der Waals surface area (Å²) in [5.74, 6) is -0.802. The number of hydrogen-bond acceptors (Lipinski definition) is 3. The molecule has 4 nitrogen and oxygen atoms in total. The predicted molar refractivity (Wildman–Crippen MR) is 88.4 cm³/mol. The van der Waals surface area contributed by atoms with E-state index < -0.39 is 12.3 Å². The Labute approximate surface area is 147 Å². The molecule has 0 bridgehead atoms. The van der Waals surface area contributed by atoms with Gasteiger partial charge in [0.1, 0.15) is 5.75 Å². The molecule has 1 N–H and O–H groups in total. The Morgan fingerprint density at radius 1 is 1.00 bits per heavy atom. The maximum absolute atomic E-state index is 12.5. The first-order chi connectivity index (χ1) is 12.4. The van der Waals surface area contributed by atoms with Crippen LogP contribution in [0.3, 0.4) is 0 Å². The van der Waals surface area contributed by atoms with Crippen LogP contribution in [0.25, 0.3) is 11.1 Å². The Hall–Kier alpha value is -3.22. The second-order valence-electron chi connectivity index (χ2n) is 5.37. The van der Waals surface area contributed by atoms with Gasteiger partial charge in [-0.2, -0.15) is 0 Å². The molecule has 0 saturated heterocycles. The lowest BCUT2D eigenvalue weighted by Gasteiger charge is -2.13. The summed E-state index contributed by atoms with van der Waals surface area (Å²) in [6.07, 6.45) is -3.42. The van der Waals surface area contributed by atoms with Crippen LogP contribution >= 0.6 is 0 Å². The summed E-state index contributed by atoms with van der Waals surface area (Å²) in [6.45, 7) is -0.139. The smallest absolute Gasteiger partial charge is 0.459 e. The lowest BCUT2D eigenvalue weighted by molar-refractivity contribution is -0.274. The standard InChI is InChI=1S/C19H14F3NO3/c20-19(21,22)26-16-9-5-4-8-14(16)12-23-18(24)17-15(10-11-25-17)13-6-2-1-3-7-13/h1-11H,12H2,(H,23,24). The molecule has 0 spiro atoms. The molecule has 0 aliphatic carbocycles. The van der Waals surface area contributed by atoms with Gasteiger partial charge in [-0.25, -0.2) is 0 Å². The number of carbonyl (C=O) groups excluding carboxylic acids is 1. The Bertz CT molecular complexity index is 888. The molecule has 1 amide bonds. The van der Waals surface area contributed by atoms with Crippen LogP contribution < -0.4 is 10.1 Å². The number of halogens is 3. The van der Waals surface area contributed by atoms with Crippen LogP contribution in [0.2, 0.25) is 0 Å². The third kappa shape index (κ3) is 4.24. The Kier molecular flexibility index (Phi) is 4.97. The van der Waals surface area contributed by atoms with E-state index >= 15 is 0 Å². The van der Waals surface area contributed by atoms with E-state index in [0.29, 0.717) is 5.56 Å². The zero-order valence-corrected chi connectivity index (χ0v) is 13.4. The Balaban J connectivity index is 1.74. The molecular formula is C19H14F3NO3. The van der Waals surface area contributed by atoms with Crippen LogP contribution in [0.15, 0.2) is 71.3 Å². The van der Waals surface area contributed by atoms with Crippen molar-refractivity contribution in [2.24, 2.45) is 0 Å². The fraction of sp³-hybridized carbons (Fsp3) is 0.105. The zero-order chi connectivity index (χ0) is 18.6. The van der Waals surface area contributed by atoms with Crippen molar-refractivity contribution in [1.82, 2.24) is 5.32 Å². The second-order valence-corrected chi connectivity index (χ2v) is 5.37. The van der Waals surface area contributed by atoms with Crippen LogP contribution in [0, 0.1) is 0 Å². The highest BCUT2D eigenvalue weighted by atomic mass is 19.4. The number of ether oxygens (including phenoxy) is 1. The van der Waals surface area contributed by atoms with Crippen molar-refractivity contribution >= 4 is 5.91 Å². The molecule has 0 saturated carbocycles. The third-order valence-electron chi connectivity index (χ3n) is 3.59. The maximum Gasteiger partial charge on any atom is 0.573 e. The number of hydrogen-bond donors (Lipinski definition) is 1. The third-order valence-corrected chi connectivity index (χ3v) is 3.59. The molecular weight excluding hydrogens is 347 g/mol. The van der Waals surface area contributed by atoms with E-state index in [4.69, 9.17) is 4.42 Å². The van der Waals surface area contributed by atoms with Crippen LogP contribution in [0.1, 0.15) is 16.1 Å². The van der Waals surface area contributed by atoms with E-state index in [0.717, 1.165) is 5.56 Å². The average Bonchev–Trinajstić information content (AvgIpc) is 3.10. The summed E-state index contributed by atoms with van der Waals surface area (Å²) in [5, 5.41) is 2.56. The molecule has 0 aliphatic heterocycles. The van der Waals surface area contributed by atoms with E-state index in [1.165, 1.54) is 24.5 Å². The number of alkyl halides is 3. The molecule has 134 valence electrons. The van der Waals surface area contributed by atoms with E-state index in [1.807, 2.05) is 30.3 Å². The van der Waals surface area contributed by atoms with Crippen LogP contribution in [-0.4, -0.2) is 12.3 Å². The van der Waals surface area contributed by atoms with Crippen LogP contribution in [0.4, 0.5) is 13.2 Å². The van der Waals surface area contributed by atoms with Crippen molar-refractivity contribution in [3.8, 4) is 16.9 Å². The molecule has 0 aliphatic rings. The number of nitrogens with one attached hydrogen (secondary N) is 1. The van der Waals surface area contributed by atoms with E-state index in [2.05, 4.69) is 10.1 Å². The molecule has 0 atom stereocenters. The largest absolute Gasteiger partial charge is 0.573 e. The first kappa shape index (κ1) is 17.6. The zero-order valence-electron chi connectivity index (χ0n) is 13.4. The molecule has 3 rings (SSSR count). The lowest BCUT2D eigenvalue weighted by Crippen LogP contribution is -2.24. The van der Waals surface area contributed by atoms with Gasteiger partial charge in [0.2, 0.25) is 0 Å². The summed E-state index contributed by atoms with van der Waals surface area (Å²) in [7, 11) is 0. The lowest BCUT2D eigenvalue weighted by atomic mass is 10.1. The Morgan fingerprint density at radius 2 is 1.69 bits per heavy atom. The van der Waals surface area contributed by atoms with Gasteiger partial charge < -0.3 is 14.5 Å². The van der Waals surface area contributed by atoms with Crippen molar-refractivity contribution < 1.29 is 27.1 Å². The van der Waals surface area contributed by atoms with Gasteiger partial charge in [-0.3, -0.25) is 4.79 Å². The van der Waals surface area contributed by atoms with Gasteiger partial charge in [0.15, 0.2) is 5.76 Å². The van der Waals surface area contributed by atoms with E-state index in [1.54, 1.807) is 12.1 Å². The topological polar surface area (TPSA) is 51.5 Å². The molecule has 0 radical (unpaired) electrons. The average molecular weight is 361 g/mol. The van der Waals surface area contributed by atoms with Gasteiger partial charge in [-0.15, -0.1) is 13.2 Å². The molecule has 1 aromatic heterocycles. The molecule has 0 unspecified atom stereocenters. The summed E-state index contributed by atoms with van der Waals surface area (Å²) in [4.78, 5) is 12.4. The highest BCUT2D eigenvalue weighted by Gasteiger charge is 2.32. The second kappa shape index (κ2) is 7.35. The first-order valence-electron chi connectivity index (χ1n) is 7.69. The van der Waals surface area contributed by atoms with Crippen molar-refractivity contribution in [1.29, 1.82) is 0 Å². The van der Waals surface area contributed by atoms with Gasteiger partial charge >= 0.3 is 6.36 Å². The van der Waals surface area contributed by atoms with E-state index in [9.17, 15) is 18.0 Å². The molecule has 2 aromatic carbocycles. The number of rotatable bonds is 5. The maximum atomic E-state index is 12.5. The molecule has 1 heterocycles. The van der Waals surface area contributed by atoms with Gasteiger partial charge in [0.25, 0.3) is 5.91 Å². The molecule has 3 aromatic rings. The fourth-order valence-corrected chi connectivity index (χ4v) is 2.46. The summed E-state index contributed by atoms with van der Waals surface area (Å²) in [5.41, 5.74) is 1.60. The van der Waals surface area contributed by atoms with Crippen molar-refractivity contribution in [2.45, 2.75) is 12.9 Å². The normalized spacial score (nSPS) is 11.2. The van der Waals surface area contributed by atoms with Gasteiger partial charge in [-0.1, -0.05) is 48.5 Å². The number of amides is 1. The SMILES string of the molecule is O=C(NCc1ccccc1OC(F)(F)F)c1occc1-c1ccccc1. The molecule has 0 fully saturated rings. The summed E-state index contributed by atoms with van der Waals surface area (Å²) < 4.78 is 46.6. The van der Waals surface area contributed by atoms with Crippen LogP contribution in [-0.2, 0) is 6.54 Å². The minimum atomic E-state index is -4.80. The molecule has 7 heteroatoms. The number of para-hydroxylation sites is 1. The minimum Gasteiger partial charge on any atom is -0.459 e. The number of furan rings is 1. The number of carbonyl (C=O) groups is 1. The number of benzene rings is 2. The quantitative estimate of drug-likeness (QED) is 0.712. The van der Waals surface area contributed by atoms with Gasteiger partial charge in [-0.05, 0) is 17.7 Å². The first-order valence-corrected chi connectivity index (χ1v) is 7.69. The monoisotopic (exact) mass is 361 g/mol. The van der Waals surface area contributed by atoms with Crippen LogP contribution in [0.5, 0.6) is 5.75 Å². The van der Waals surface area contributed by atoms with Crippen molar-refractivity contribution in [3.63, 3.8) is 0 Å². The van der Waals surface area contributed by atoms with Crippen molar-refractivity contribution in [3.05, 3.63) is 78.3 Å². The minimum absolute atomic E-state index is 0.0884. The van der Waals surface area contributed by atoms with Gasteiger partial charge in [0, 0.05) is 17.7 Å². The molecule has 26 heavy (non-hydrogen) atoms.